The predicted molar refractivity (Wildman–Crippen MR) is 66.8 cm³/mol. The van der Waals surface area contributed by atoms with E-state index in [1.54, 1.807) is 11.8 Å². The van der Waals surface area contributed by atoms with Gasteiger partial charge in [0, 0.05) is 24.0 Å². The maximum atomic E-state index is 11.3. The number of rotatable bonds is 3. The second-order valence-electron chi connectivity index (χ2n) is 4.04. The number of thiophene rings is 1. The summed E-state index contributed by atoms with van der Waals surface area (Å²) in [5.41, 5.74) is -0.0504. The summed E-state index contributed by atoms with van der Waals surface area (Å²) in [5.74, 6) is -0.150. The molecular formula is C10H13N3O4S. The van der Waals surface area contributed by atoms with Gasteiger partial charge in [0.05, 0.1) is 17.6 Å². The zero-order valence-electron chi connectivity index (χ0n) is 9.75. The second kappa shape index (κ2) is 4.91. The lowest BCUT2D eigenvalue weighted by atomic mass is 10.3. The van der Waals surface area contributed by atoms with Crippen LogP contribution in [-0.4, -0.2) is 35.6 Å². The number of amides is 1. The van der Waals surface area contributed by atoms with E-state index in [1.165, 1.54) is 6.07 Å². The Balaban J connectivity index is 2.35. The highest BCUT2D eigenvalue weighted by molar-refractivity contribution is 7.16. The summed E-state index contributed by atoms with van der Waals surface area (Å²) in [5, 5.41) is 23.6. The molecule has 1 aliphatic heterocycles. The van der Waals surface area contributed by atoms with Crippen molar-refractivity contribution in [1.82, 2.24) is 5.32 Å². The molecule has 1 aromatic heterocycles. The lowest BCUT2D eigenvalue weighted by molar-refractivity contribution is -0.383. The van der Waals surface area contributed by atoms with Crippen molar-refractivity contribution < 1.29 is 14.8 Å². The van der Waals surface area contributed by atoms with Gasteiger partial charge < -0.3 is 15.3 Å². The Bertz CT molecular complexity index is 485. The molecule has 18 heavy (non-hydrogen) atoms. The van der Waals surface area contributed by atoms with Gasteiger partial charge in [0.1, 0.15) is 0 Å². The summed E-state index contributed by atoms with van der Waals surface area (Å²) in [6, 6.07) is 1.37. The Morgan fingerprint density at radius 1 is 1.67 bits per heavy atom. The third kappa shape index (κ3) is 2.44. The van der Waals surface area contributed by atoms with Gasteiger partial charge in [0.15, 0.2) is 5.00 Å². The number of piperazine rings is 1. The van der Waals surface area contributed by atoms with Gasteiger partial charge in [-0.15, -0.1) is 11.3 Å². The lowest BCUT2D eigenvalue weighted by Gasteiger charge is -2.26. The van der Waals surface area contributed by atoms with E-state index in [4.69, 9.17) is 0 Å². The maximum absolute atomic E-state index is 11.3. The molecule has 1 fully saturated rings. The van der Waals surface area contributed by atoms with Crippen LogP contribution in [0, 0.1) is 10.1 Å². The van der Waals surface area contributed by atoms with E-state index in [9.17, 15) is 20.0 Å². The van der Waals surface area contributed by atoms with Crippen LogP contribution in [0.4, 0.5) is 10.7 Å². The van der Waals surface area contributed by atoms with Crippen LogP contribution in [0.3, 0.4) is 0 Å². The molecule has 7 nitrogen and oxygen atoms in total. The average Bonchev–Trinajstić information content (AvgIpc) is 2.73. The van der Waals surface area contributed by atoms with Gasteiger partial charge in [-0.2, -0.15) is 0 Å². The van der Waals surface area contributed by atoms with Gasteiger partial charge in [-0.25, -0.2) is 0 Å². The minimum absolute atomic E-state index is 0.0504. The number of hydrogen-bond acceptors (Lipinski definition) is 6. The zero-order chi connectivity index (χ0) is 13.3. The Labute approximate surface area is 107 Å². The van der Waals surface area contributed by atoms with E-state index in [0.29, 0.717) is 23.0 Å². The number of hydrogen-bond donors (Lipinski definition) is 2. The molecule has 1 saturated heterocycles. The largest absolute Gasteiger partial charge is 0.388 e. The molecule has 0 aliphatic carbocycles. The van der Waals surface area contributed by atoms with Crippen molar-refractivity contribution >= 4 is 27.9 Å². The number of nitrogens with one attached hydrogen (secondary N) is 1. The van der Waals surface area contributed by atoms with Crippen molar-refractivity contribution in [3.05, 3.63) is 21.1 Å². The second-order valence-corrected chi connectivity index (χ2v) is 5.11. The highest BCUT2D eigenvalue weighted by atomic mass is 32.1. The van der Waals surface area contributed by atoms with Crippen LogP contribution in [0.1, 0.15) is 17.9 Å². The smallest absolute Gasteiger partial charge is 0.304 e. The monoisotopic (exact) mass is 271 g/mol. The fourth-order valence-electron chi connectivity index (χ4n) is 1.77. The zero-order valence-corrected chi connectivity index (χ0v) is 10.6. The van der Waals surface area contributed by atoms with Crippen LogP contribution in [0.25, 0.3) is 0 Å². The average molecular weight is 271 g/mol. The van der Waals surface area contributed by atoms with Gasteiger partial charge in [-0.1, -0.05) is 0 Å². The predicted octanol–water partition coefficient (Wildman–Crippen LogP) is 0.646. The molecule has 1 aromatic rings. The number of nitro groups is 1. The van der Waals surface area contributed by atoms with Crippen LogP contribution in [-0.2, 0) is 4.79 Å². The van der Waals surface area contributed by atoms with Gasteiger partial charge in [-0.3, -0.25) is 14.9 Å². The molecule has 0 spiro atoms. The maximum Gasteiger partial charge on any atom is 0.304 e. The Morgan fingerprint density at radius 2 is 2.39 bits per heavy atom. The van der Waals surface area contributed by atoms with Crippen LogP contribution < -0.4 is 10.2 Å². The first-order valence-electron chi connectivity index (χ1n) is 5.47. The summed E-state index contributed by atoms with van der Waals surface area (Å²) in [6.07, 6.45) is -0.749. The number of nitrogens with zero attached hydrogens (tertiary/aromatic N) is 2. The van der Waals surface area contributed by atoms with Crippen LogP contribution in [0.5, 0.6) is 0 Å². The van der Waals surface area contributed by atoms with Crippen LogP contribution >= 0.6 is 11.3 Å². The van der Waals surface area contributed by atoms with E-state index in [0.717, 1.165) is 11.3 Å². The first-order valence-corrected chi connectivity index (χ1v) is 6.28. The van der Waals surface area contributed by atoms with Crippen molar-refractivity contribution in [3.63, 3.8) is 0 Å². The topological polar surface area (TPSA) is 95.7 Å². The minimum Gasteiger partial charge on any atom is -0.388 e. The number of aliphatic hydroxyl groups excluding tert-OH is 1. The van der Waals surface area contributed by atoms with Crippen molar-refractivity contribution in [2.45, 2.75) is 13.0 Å². The van der Waals surface area contributed by atoms with E-state index >= 15 is 0 Å². The summed E-state index contributed by atoms with van der Waals surface area (Å²) in [7, 11) is 0. The molecule has 1 amide bonds. The Kier molecular flexibility index (Phi) is 3.48. The Morgan fingerprint density at radius 3 is 2.94 bits per heavy atom. The molecule has 0 bridgehead atoms. The number of aliphatic hydroxyl groups is 1. The van der Waals surface area contributed by atoms with Gasteiger partial charge in [0.25, 0.3) is 0 Å². The van der Waals surface area contributed by atoms with E-state index in [2.05, 4.69) is 5.32 Å². The molecule has 1 aliphatic rings. The van der Waals surface area contributed by atoms with E-state index in [1.807, 2.05) is 0 Å². The van der Waals surface area contributed by atoms with E-state index in [-0.39, 0.29) is 18.1 Å². The number of anilines is 1. The minimum atomic E-state index is -0.749. The summed E-state index contributed by atoms with van der Waals surface area (Å²) in [6.45, 7) is 2.67. The SMILES string of the molecule is CC(O)c1cc([N+](=O)[O-])c(N2CCNC(=O)C2)s1. The van der Waals surface area contributed by atoms with Gasteiger partial charge in [0.2, 0.25) is 5.91 Å². The van der Waals surface area contributed by atoms with Gasteiger partial charge in [-0.05, 0) is 6.92 Å². The summed E-state index contributed by atoms with van der Waals surface area (Å²) >= 11 is 1.16. The van der Waals surface area contributed by atoms with Crippen molar-refractivity contribution in [1.29, 1.82) is 0 Å². The van der Waals surface area contributed by atoms with Crippen molar-refractivity contribution in [2.24, 2.45) is 0 Å². The molecule has 2 rings (SSSR count). The normalized spacial score (nSPS) is 17.4. The standard InChI is InChI=1S/C10H13N3O4S/c1-6(14)8-4-7(13(16)17)10(18-8)12-3-2-11-9(15)5-12/h4,6,14H,2-3,5H2,1H3,(H,11,15). The third-order valence-electron chi connectivity index (χ3n) is 2.65. The quantitative estimate of drug-likeness (QED) is 0.621. The first kappa shape index (κ1) is 12.8. The van der Waals surface area contributed by atoms with Crippen LogP contribution in [0.2, 0.25) is 0 Å². The molecular weight excluding hydrogens is 258 g/mol. The number of carbonyl (C=O) groups excluding carboxylic acids is 1. The molecule has 1 unspecified atom stereocenters. The molecule has 0 saturated carbocycles. The first-order chi connectivity index (χ1) is 8.49. The van der Waals surface area contributed by atoms with E-state index < -0.39 is 11.0 Å². The van der Waals surface area contributed by atoms with Crippen molar-refractivity contribution in [2.75, 3.05) is 24.5 Å². The van der Waals surface area contributed by atoms with Crippen molar-refractivity contribution in [3.8, 4) is 0 Å². The third-order valence-corrected chi connectivity index (χ3v) is 4.00. The fraction of sp³-hybridized carbons (Fsp3) is 0.500. The lowest BCUT2D eigenvalue weighted by Crippen LogP contribution is -2.47. The highest BCUT2D eigenvalue weighted by Gasteiger charge is 2.28. The van der Waals surface area contributed by atoms with Gasteiger partial charge >= 0.3 is 5.69 Å². The molecule has 8 heteroatoms. The molecule has 2 N–H and O–H groups in total. The Hall–Kier alpha value is -1.67. The number of carbonyl (C=O) groups is 1. The molecule has 0 aromatic carbocycles. The molecule has 2 heterocycles. The molecule has 1 atom stereocenters. The molecule has 98 valence electrons. The summed E-state index contributed by atoms with van der Waals surface area (Å²) < 4.78 is 0. The molecule has 0 radical (unpaired) electrons. The highest BCUT2D eigenvalue weighted by Crippen LogP contribution is 2.40. The fourth-order valence-corrected chi connectivity index (χ4v) is 2.85. The summed E-state index contributed by atoms with van der Waals surface area (Å²) in [4.78, 5) is 24.0. The van der Waals surface area contributed by atoms with Crippen LogP contribution in [0.15, 0.2) is 6.07 Å².